The van der Waals surface area contributed by atoms with Crippen LogP contribution in [0, 0.1) is 15.9 Å². The molecule has 1 unspecified atom stereocenters. The molecular weight excluding hydrogens is 453 g/mol. The molecule has 0 aliphatic carbocycles. The van der Waals surface area contributed by atoms with E-state index >= 15 is 0 Å². The summed E-state index contributed by atoms with van der Waals surface area (Å²) in [7, 11) is 0. The summed E-state index contributed by atoms with van der Waals surface area (Å²) in [6.45, 7) is 1.72. The third kappa shape index (κ3) is 4.22. The number of non-ortho nitro benzene ring substituents is 1. The molecule has 174 valence electrons. The lowest BCUT2D eigenvalue weighted by Crippen LogP contribution is -2.31. The number of nitro benzene ring substituents is 1. The van der Waals surface area contributed by atoms with E-state index in [1.54, 1.807) is 55.6 Å². The monoisotopic (exact) mass is 471 g/mol. The molecule has 4 aromatic rings. The number of hydrogen-bond donors (Lipinski definition) is 2. The predicted octanol–water partition coefficient (Wildman–Crippen LogP) is 4.32. The zero-order chi connectivity index (χ0) is 24.5. The number of fused-ring (bicyclic) bond motifs is 1. The van der Waals surface area contributed by atoms with Gasteiger partial charge in [0.05, 0.1) is 10.5 Å². The highest BCUT2D eigenvalue weighted by molar-refractivity contribution is 6.05. The van der Waals surface area contributed by atoms with E-state index in [0.717, 1.165) is 0 Å². The summed E-state index contributed by atoms with van der Waals surface area (Å²) in [5.41, 5.74) is 1.72. The smallest absolute Gasteiger partial charge is 0.269 e. The third-order valence-corrected chi connectivity index (χ3v) is 5.50. The Hall–Kier alpha value is -4.93. The Morgan fingerprint density at radius 1 is 1.14 bits per heavy atom. The van der Waals surface area contributed by atoms with E-state index in [-0.39, 0.29) is 5.69 Å². The summed E-state index contributed by atoms with van der Waals surface area (Å²) in [5.74, 6) is 0.160. The van der Waals surface area contributed by atoms with Crippen LogP contribution in [-0.2, 0) is 4.79 Å². The van der Waals surface area contributed by atoms with Crippen LogP contribution in [-0.4, -0.2) is 30.6 Å². The van der Waals surface area contributed by atoms with Gasteiger partial charge in [0.2, 0.25) is 5.95 Å². The third-order valence-electron chi connectivity index (χ3n) is 5.50. The van der Waals surface area contributed by atoms with Gasteiger partial charge in [-0.3, -0.25) is 14.9 Å². The van der Waals surface area contributed by atoms with E-state index in [0.29, 0.717) is 40.0 Å². The maximum absolute atomic E-state index is 13.4. The van der Waals surface area contributed by atoms with Gasteiger partial charge in [0.25, 0.3) is 11.6 Å². The molecule has 2 aromatic heterocycles. The van der Waals surface area contributed by atoms with Crippen LogP contribution in [0.2, 0.25) is 0 Å². The van der Waals surface area contributed by atoms with E-state index in [1.807, 2.05) is 0 Å². The maximum atomic E-state index is 13.4. The van der Waals surface area contributed by atoms with Gasteiger partial charge in [0.15, 0.2) is 5.82 Å². The van der Waals surface area contributed by atoms with Gasteiger partial charge in [-0.1, -0.05) is 18.2 Å². The number of nitrogens with one attached hydrogen (secondary N) is 2. The fourth-order valence-electron chi connectivity index (χ4n) is 3.90. The minimum absolute atomic E-state index is 0.122. The number of anilines is 2. The Kier molecular flexibility index (Phi) is 5.49. The summed E-state index contributed by atoms with van der Waals surface area (Å²) in [5, 5.41) is 21.9. The molecule has 5 rings (SSSR count). The van der Waals surface area contributed by atoms with Crippen LogP contribution in [0.5, 0.6) is 0 Å². The van der Waals surface area contributed by atoms with Gasteiger partial charge in [-0.2, -0.15) is 4.98 Å². The summed E-state index contributed by atoms with van der Waals surface area (Å²) in [6.07, 6.45) is 1.55. The fourth-order valence-corrected chi connectivity index (χ4v) is 3.90. The van der Waals surface area contributed by atoms with Crippen LogP contribution in [0.4, 0.5) is 21.8 Å². The molecule has 3 heterocycles. The van der Waals surface area contributed by atoms with E-state index in [2.05, 4.69) is 25.7 Å². The summed E-state index contributed by atoms with van der Waals surface area (Å²) < 4.78 is 14.9. The molecule has 0 fully saturated rings. The molecule has 10 nitrogen and oxygen atoms in total. The molecule has 1 aliphatic rings. The normalized spacial score (nSPS) is 14.7. The van der Waals surface area contributed by atoms with Crippen molar-refractivity contribution in [1.82, 2.24) is 19.7 Å². The minimum atomic E-state index is -0.823. The number of amides is 1. The van der Waals surface area contributed by atoms with Gasteiger partial charge in [0.1, 0.15) is 17.7 Å². The van der Waals surface area contributed by atoms with Crippen molar-refractivity contribution in [1.29, 1.82) is 0 Å². The number of carbonyl (C=O) groups excluding carboxylic acids is 1. The highest BCUT2D eigenvalue weighted by Gasteiger charge is 2.35. The summed E-state index contributed by atoms with van der Waals surface area (Å²) >= 11 is 0. The molecular formula is C24H18FN7O3. The number of pyridine rings is 1. The Labute approximate surface area is 198 Å². The Bertz CT molecular complexity index is 1470. The zero-order valence-electron chi connectivity index (χ0n) is 18.3. The van der Waals surface area contributed by atoms with Gasteiger partial charge in [-0.05, 0) is 48.9 Å². The number of hydrogen-bond acceptors (Lipinski definition) is 7. The molecule has 0 saturated carbocycles. The average molecular weight is 471 g/mol. The number of nitro groups is 1. The standard InChI is InChI=1S/C24H18FN7O3/c1-14-20(23(33)28-19-7-2-3-12-26-19)21(16-5-4-6-18(13-16)32(34)35)31-24(27-14)29-22(30-31)15-8-10-17(25)11-9-15/h2-13,21H,1H3,(H,26,28,33)(H,27,29,30). The first-order valence-corrected chi connectivity index (χ1v) is 10.6. The van der Waals surface area contributed by atoms with Crippen molar-refractivity contribution >= 4 is 23.4 Å². The molecule has 2 aromatic carbocycles. The van der Waals surface area contributed by atoms with E-state index < -0.39 is 22.7 Å². The summed E-state index contributed by atoms with van der Waals surface area (Å²) in [6, 6.07) is 16.0. The number of halogens is 1. The average Bonchev–Trinajstić information content (AvgIpc) is 3.27. The number of carbonyl (C=O) groups is 1. The molecule has 0 radical (unpaired) electrons. The molecule has 1 amide bonds. The lowest BCUT2D eigenvalue weighted by Gasteiger charge is -2.28. The van der Waals surface area contributed by atoms with Gasteiger partial charge < -0.3 is 10.6 Å². The van der Waals surface area contributed by atoms with Gasteiger partial charge >= 0.3 is 0 Å². The quantitative estimate of drug-likeness (QED) is 0.328. The second kappa shape index (κ2) is 8.78. The van der Waals surface area contributed by atoms with Gasteiger partial charge in [-0.15, -0.1) is 5.10 Å². The fraction of sp³-hybridized carbons (Fsp3) is 0.0833. The first-order valence-electron chi connectivity index (χ1n) is 10.6. The molecule has 11 heteroatoms. The second-order valence-electron chi connectivity index (χ2n) is 7.80. The van der Waals surface area contributed by atoms with Crippen LogP contribution in [0.25, 0.3) is 11.4 Å². The van der Waals surface area contributed by atoms with Crippen molar-refractivity contribution < 1.29 is 14.1 Å². The number of rotatable bonds is 5. The lowest BCUT2D eigenvalue weighted by atomic mass is 9.94. The SMILES string of the molecule is CC1=C(C(=O)Nc2ccccn2)C(c2cccc([N+](=O)[O-])c2)n2nc(-c3ccc(F)cc3)nc2N1. The van der Waals surface area contributed by atoms with Crippen molar-refractivity contribution in [2.24, 2.45) is 0 Å². The van der Waals surface area contributed by atoms with Crippen LogP contribution < -0.4 is 10.6 Å². The predicted molar refractivity (Wildman–Crippen MR) is 126 cm³/mol. The maximum Gasteiger partial charge on any atom is 0.269 e. The molecule has 0 saturated heterocycles. The number of allylic oxidation sites excluding steroid dienone is 1. The lowest BCUT2D eigenvalue weighted by molar-refractivity contribution is -0.384. The van der Waals surface area contributed by atoms with Crippen molar-refractivity contribution in [3.63, 3.8) is 0 Å². The number of nitrogens with zero attached hydrogens (tertiary/aromatic N) is 5. The van der Waals surface area contributed by atoms with Gasteiger partial charge in [-0.25, -0.2) is 14.1 Å². The first kappa shape index (κ1) is 21.9. The summed E-state index contributed by atoms with van der Waals surface area (Å²) in [4.78, 5) is 33.0. The van der Waals surface area contributed by atoms with Crippen LogP contribution in [0.15, 0.2) is 84.2 Å². The zero-order valence-corrected chi connectivity index (χ0v) is 18.3. The first-order chi connectivity index (χ1) is 16.9. The molecule has 2 N–H and O–H groups in total. The molecule has 35 heavy (non-hydrogen) atoms. The molecule has 0 spiro atoms. The number of aromatic nitrogens is 4. The van der Waals surface area contributed by atoms with Crippen molar-refractivity contribution in [3.05, 3.63) is 106 Å². The van der Waals surface area contributed by atoms with Crippen LogP contribution in [0.1, 0.15) is 18.5 Å². The Balaban J connectivity index is 1.63. The minimum Gasteiger partial charge on any atom is -0.328 e. The second-order valence-corrected chi connectivity index (χ2v) is 7.80. The Morgan fingerprint density at radius 2 is 1.94 bits per heavy atom. The highest BCUT2D eigenvalue weighted by Crippen LogP contribution is 2.37. The van der Waals surface area contributed by atoms with Crippen molar-refractivity contribution in [2.75, 3.05) is 10.6 Å². The van der Waals surface area contributed by atoms with E-state index in [4.69, 9.17) is 0 Å². The van der Waals surface area contributed by atoms with Crippen LogP contribution >= 0.6 is 0 Å². The Morgan fingerprint density at radius 3 is 2.66 bits per heavy atom. The van der Waals surface area contributed by atoms with Gasteiger partial charge in [0, 0.05) is 29.6 Å². The molecule has 1 aliphatic heterocycles. The van der Waals surface area contributed by atoms with Crippen molar-refractivity contribution in [2.45, 2.75) is 13.0 Å². The van der Waals surface area contributed by atoms with Crippen molar-refractivity contribution in [3.8, 4) is 11.4 Å². The highest BCUT2D eigenvalue weighted by atomic mass is 19.1. The van der Waals surface area contributed by atoms with E-state index in [9.17, 15) is 19.3 Å². The topological polar surface area (TPSA) is 128 Å². The molecule has 1 atom stereocenters. The largest absolute Gasteiger partial charge is 0.328 e. The number of benzene rings is 2. The molecule has 0 bridgehead atoms. The van der Waals surface area contributed by atoms with Crippen LogP contribution in [0.3, 0.4) is 0 Å². The van der Waals surface area contributed by atoms with E-state index in [1.165, 1.54) is 28.9 Å².